The van der Waals surface area contributed by atoms with Gasteiger partial charge in [-0.25, -0.2) is 0 Å². The number of allylic oxidation sites excluding steroid dienone is 1. The quantitative estimate of drug-likeness (QED) is 0.231. The van der Waals surface area contributed by atoms with Crippen LogP contribution in [0.5, 0.6) is 0 Å². The smallest absolute Gasteiger partial charge is 0.382 e. The number of piperidine rings is 1. The molecule has 0 aliphatic carbocycles. The summed E-state index contributed by atoms with van der Waals surface area (Å²) in [7, 11) is 0. The van der Waals surface area contributed by atoms with E-state index in [0.717, 1.165) is 89.9 Å². The molecular formula is C26H35F6N5S. The van der Waals surface area contributed by atoms with Crippen LogP contribution in [0.4, 0.5) is 32.0 Å². The molecule has 3 heterocycles. The number of nitrogens with one attached hydrogen (secondary N) is 1. The average molecular weight is 564 g/mol. The summed E-state index contributed by atoms with van der Waals surface area (Å²) >= 11 is -0.0970. The Morgan fingerprint density at radius 2 is 1.45 bits per heavy atom. The summed E-state index contributed by atoms with van der Waals surface area (Å²) in [4.78, 5) is 11.4. The summed E-state index contributed by atoms with van der Waals surface area (Å²) in [5.41, 5.74) is -4.06. The lowest BCUT2D eigenvalue weighted by Gasteiger charge is -2.38. The van der Waals surface area contributed by atoms with Gasteiger partial charge in [0.05, 0.1) is 5.57 Å². The predicted molar refractivity (Wildman–Crippen MR) is 140 cm³/mol. The van der Waals surface area contributed by atoms with E-state index in [-0.39, 0.29) is 22.8 Å². The van der Waals surface area contributed by atoms with E-state index >= 15 is 0 Å². The van der Waals surface area contributed by atoms with Crippen molar-refractivity contribution < 1.29 is 26.3 Å². The highest BCUT2D eigenvalue weighted by Gasteiger charge is 2.35. The van der Waals surface area contributed by atoms with Crippen molar-refractivity contribution in [3.63, 3.8) is 0 Å². The number of nitrogens with zero attached hydrogens (tertiary/aromatic N) is 4. The Morgan fingerprint density at radius 1 is 0.842 bits per heavy atom. The number of thioether (sulfide) groups is 1. The molecule has 2 saturated heterocycles. The number of rotatable bonds is 9. The van der Waals surface area contributed by atoms with Gasteiger partial charge in [-0.2, -0.15) is 26.3 Å². The first-order chi connectivity index (χ1) is 18.0. The molecule has 0 amide bonds. The van der Waals surface area contributed by atoms with E-state index in [9.17, 15) is 26.3 Å². The molecule has 0 bridgehead atoms. The van der Waals surface area contributed by atoms with Crippen LogP contribution in [0.25, 0.3) is 0 Å². The molecule has 3 aliphatic rings. The van der Waals surface area contributed by atoms with Gasteiger partial charge in [0.15, 0.2) is 0 Å². The normalized spacial score (nSPS) is 23.0. The minimum absolute atomic E-state index is 0.0970. The van der Waals surface area contributed by atoms with E-state index in [1.54, 1.807) is 12.1 Å². The molecule has 1 unspecified atom stereocenters. The molecule has 2 fully saturated rings. The van der Waals surface area contributed by atoms with Crippen LogP contribution in [-0.2, 0) is 0 Å². The first-order valence-electron chi connectivity index (χ1n) is 13.2. The number of alkyl halides is 6. The molecule has 0 spiro atoms. The van der Waals surface area contributed by atoms with Crippen LogP contribution in [0.15, 0.2) is 45.8 Å². The summed E-state index contributed by atoms with van der Waals surface area (Å²) in [6.07, 6.45) is 2.26. The summed E-state index contributed by atoms with van der Waals surface area (Å²) < 4.78 is 75.7. The standard InChI is InChI=1S/C26H35F6N5S/c27-25(28,29)20-3-8-24(33-19-20)37-17-15-36(16-18-37)12-2-1-11-35-13-9-22(10-14-35)34-21-4-6-23(7-5-21)38-26(30,31)32/h3-7,19,22,24,34H,1-2,8-18H2. The van der Waals surface area contributed by atoms with Gasteiger partial charge in [-0.15, -0.1) is 0 Å². The second kappa shape index (κ2) is 13.1. The number of halogens is 6. The fraction of sp³-hybridized carbons (Fsp3) is 0.654. The van der Waals surface area contributed by atoms with Crippen LogP contribution >= 0.6 is 11.8 Å². The van der Waals surface area contributed by atoms with Gasteiger partial charge in [0.1, 0.15) is 6.17 Å². The lowest BCUT2D eigenvalue weighted by atomic mass is 10.0. The molecule has 0 aromatic heterocycles. The van der Waals surface area contributed by atoms with E-state index in [1.807, 2.05) is 0 Å². The van der Waals surface area contributed by atoms with Crippen LogP contribution in [0.2, 0.25) is 0 Å². The lowest BCUT2D eigenvalue weighted by molar-refractivity contribution is -0.0863. The number of benzene rings is 1. The summed E-state index contributed by atoms with van der Waals surface area (Å²) in [6, 6.07) is 6.76. The van der Waals surface area contributed by atoms with Gasteiger partial charge in [-0.1, -0.05) is 6.08 Å². The average Bonchev–Trinajstić information content (AvgIpc) is 2.88. The third-order valence-electron chi connectivity index (χ3n) is 7.33. The van der Waals surface area contributed by atoms with Crippen molar-refractivity contribution in [3.05, 3.63) is 35.9 Å². The monoisotopic (exact) mass is 563 g/mol. The third-order valence-corrected chi connectivity index (χ3v) is 8.07. The molecule has 0 saturated carbocycles. The van der Waals surface area contributed by atoms with Crippen molar-refractivity contribution in [1.29, 1.82) is 0 Å². The zero-order valence-corrected chi connectivity index (χ0v) is 22.1. The first-order valence-corrected chi connectivity index (χ1v) is 14.0. The van der Waals surface area contributed by atoms with Gasteiger partial charge in [-0.3, -0.25) is 9.89 Å². The largest absolute Gasteiger partial charge is 0.446 e. The highest BCUT2D eigenvalue weighted by Crippen LogP contribution is 2.37. The lowest BCUT2D eigenvalue weighted by Crippen LogP contribution is -2.50. The van der Waals surface area contributed by atoms with Gasteiger partial charge >= 0.3 is 11.7 Å². The van der Waals surface area contributed by atoms with E-state index in [4.69, 9.17) is 0 Å². The van der Waals surface area contributed by atoms with Crippen molar-refractivity contribution >= 4 is 23.7 Å². The zero-order valence-electron chi connectivity index (χ0n) is 21.3. The molecule has 1 aromatic rings. The Hall–Kier alpha value is -1.76. The molecule has 0 radical (unpaired) electrons. The molecule has 38 heavy (non-hydrogen) atoms. The second-order valence-electron chi connectivity index (χ2n) is 10.1. The van der Waals surface area contributed by atoms with E-state index < -0.39 is 17.3 Å². The summed E-state index contributed by atoms with van der Waals surface area (Å²) in [6.45, 7) is 7.56. The van der Waals surface area contributed by atoms with E-state index in [2.05, 4.69) is 25.0 Å². The Bertz CT molecular complexity index is 933. The van der Waals surface area contributed by atoms with Gasteiger partial charge in [-0.05, 0) is 74.8 Å². The Balaban J connectivity index is 1.05. The van der Waals surface area contributed by atoms with Crippen LogP contribution in [-0.4, -0.2) is 97.2 Å². The topological polar surface area (TPSA) is 34.1 Å². The van der Waals surface area contributed by atoms with Crippen LogP contribution in [0, 0.1) is 0 Å². The van der Waals surface area contributed by atoms with Crippen LogP contribution < -0.4 is 5.32 Å². The Labute approximate surface area is 224 Å². The molecule has 4 rings (SSSR count). The fourth-order valence-electron chi connectivity index (χ4n) is 5.19. The molecular weight excluding hydrogens is 528 g/mol. The maximum Gasteiger partial charge on any atom is 0.446 e. The molecule has 5 nitrogen and oxygen atoms in total. The molecule has 3 aliphatic heterocycles. The van der Waals surface area contributed by atoms with Crippen molar-refractivity contribution in [2.75, 3.05) is 57.7 Å². The molecule has 212 valence electrons. The van der Waals surface area contributed by atoms with Crippen LogP contribution in [0.3, 0.4) is 0 Å². The van der Waals surface area contributed by atoms with Gasteiger partial charge in [0.25, 0.3) is 0 Å². The number of dihydropyridines is 1. The predicted octanol–water partition coefficient (Wildman–Crippen LogP) is 5.86. The zero-order chi connectivity index (χ0) is 27.2. The second-order valence-corrected chi connectivity index (χ2v) is 11.2. The number of aliphatic imine (C=N–C) groups is 1. The van der Waals surface area contributed by atoms with E-state index in [0.29, 0.717) is 12.5 Å². The fourth-order valence-corrected chi connectivity index (χ4v) is 5.73. The maximum absolute atomic E-state index is 12.8. The number of unbranched alkanes of at least 4 members (excludes halogenated alkanes) is 1. The molecule has 1 aromatic carbocycles. The summed E-state index contributed by atoms with van der Waals surface area (Å²) in [5, 5.41) is 3.45. The number of piperazine rings is 1. The Morgan fingerprint density at radius 3 is 1.97 bits per heavy atom. The minimum atomic E-state index is -4.32. The van der Waals surface area contributed by atoms with Gasteiger partial charge in [0.2, 0.25) is 0 Å². The first kappa shape index (κ1) is 29.2. The van der Waals surface area contributed by atoms with Crippen molar-refractivity contribution in [1.82, 2.24) is 14.7 Å². The molecule has 12 heteroatoms. The maximum atomic E-state index is 12.8. The SMILES string of the molecule is FC(F)(F)Sc1ccc(NC2CCN(CCCCN3CCN(C4CC=C(C(F)(F)F)C=N4)CC3)CC2)cc1. The number of hydrogen-bond donors (Lipinski definition) is 1. The number of anilines is 1. The minimum Gasteiger partial charge on any atom is -0.382 e. The Kier molecular flexibility index (Phi) is 10.0. The van der Waals surface area contributed by atoms with Gasteiger partial charge < -0.3 is 15.1 Å². The molecule has 1 N–H and O–H groups in total. The highest BCUT2D eigenvalue weighted by molar-refractivity contribution is 8.00. The highest BCUT2D eigenvalue weighted by atomic mass is 32.2. The number of likely N-dealkylation sites (tertiary alicyclic amines) is 1. The number of hydrogen-bond acceptors (Lipinski definition) is 6. The van der Waals surface area contributed by atoms with Crippen molar-refractivity contribution in [2.24, 2.45) is 4.99 Å². The van der Waals surface area contributed by atoms with Crippen molar-refractivity contribution in [2.45, 2.75) is 60.9 Å². The molecule has 1 atom stereocenters. The third kappa shape index (κ3) is 9.17. The van der Waals surface area contributed by atoms with E-state index in [1.165, 1.54) is 18.2 Å². The van der Waals surface area contributed by atoms with Gasteiger partial charge in [0, 0.05) is 68.5 Å². The van der Waals surface area contributed by atoms with Crippen LogP contribution in [0.1, 0.15) is 32.1 Å². The van der Waals surface area contributed by atoms with Crippen molar-refractivity contribution in [3.8, 4) is 0 Å². The summed E-state index contributed by atoms with van der Waals surface area (Å²) in [5.74, 6) is 0.